The van der Waals surface area contributed by atoms with Gasteiger partial charge in [0.2, 0.25) is 0 Å². The van der Waals surface area contributed by atoms with Crippen molar-refractivity contribution < 1.29 is 19.4 Å². The van der Waals surface area contributed by atoms with Crippen LogP contribution in [0.15, 0.2) is 36.4 Å². The van der Waals surface area contributed by atoms with Gasteiger partial charge in [0, 0.05) is 30.2 Å². The Morgan fingerprint density at radius 2 is 1.83 bits per heavy atom. The van der Waals surface area contributed by atoms with Gasteiger partial charge < -0.3 is 14.6 Å². The summed E-state index contributed by atoms with van der Waals surface area (Å²) in [6.45, 7) is 2.72. The van der Waals surface area contributed by atoms with Gasteiger partial charge in [0.25, 0.3) is 0 Å². The normalized spacial score (nSPS) is 16.9. The fourth-order valence-corrected chi connectivity index (χ4v) is 3.65. The maximum Gasteiger partial charge on any atom is 0.304 e. The minimum atomic E-state index is -0.788. The van der Waals surface area contributed by atoms with E-state index in [-0.39, 0.29) is 31.5 Å². The van der Waals surface area contributed by atoms with Crippen LogP contribution in [-0.4, -0.2) is 42.2 Å². The number of halogens is 4. The number of hydrogen-bond donors (Lipinski definition) is 1. The summed E-state index contributed by atoms with van der Waals surface area (Å²) in [6.07, 6.45) is 0.0436. The second-order valence-corrected chi connectivity index (χ2v) is 7.68. The van der Waals surface area contributed by atoms with E-state index < -0.39 is 5.97 Å². The molecule has 0 aliphatic carbocycles. The molecule has 2 aromatic carbocycles. The minimum absolute atomic E-state index is 0. The van der Waals surface area contributed by atoms with Crippen LogP contribution >= 0.6 is 47.2 Å². The number of rotatable bonds is 7. The van der Waals surface area contributed by atoms with E-state index in [2.05, 4.69) is 4.90 Å². The van der Waals surface area contributed by atoms with E-state index in [4.69, 9.17) is 49.4 Å². The molecule has 0 bridgehead atoms. The number of nitrogens with zero attached hydrogens (tertiary/aromatic N) is 1. The van der Waals surface area contributed by atoms with Gasteiger partial charge >= 0.3 is 5.97 Å². The third-order valence-corrected chi connectivity index (χ3v) is 5.76. The van der Waals surface area contributed by atoms with E-state index in [9.17, 15) is 4.79 Å². The van der Waals surface area contributed by atoms with Crippen LogP contribution in [0.4, 0.5) is 0 Å². The Balaban J connectivity index is 0.00000300. The van der Waals surface area contributed by atoms with Crippen molar-refractivity contribution in [1.29, 1.82) is 0 Å². The second-order valence-electron chi connectivity index (χ2n) is 6.48. The molecule has 5 nitrogen and oxygen atoms in total. The zero-order valence-electron chi connectivity index (χ0n) is 15.4. The van der Waals surface area contributed by atoms with E-state index in [1.807, 2.05) is 24.3 Å². The van der Waals surface area contributed by atoms with E-state index in [0.29, 0.717) is 46.1 Å². The summed E-state index contributed by atoms with van der Waals surface area (Å²) in [5.41, 5.74) is 1.66. The Morgan fingerprint density at radius 3 is 2.52 bits per heavy atom. The average molecular weight is 481 g/mol. The van der Waals surface area contributed by atoms with Crippen LogP contribution in [0.3, 0.4) is 0 Å². The zero-order valence-corrected chi connectivity index (χ0v) is 18.5. The number of carboxylic acid groups (broad SMARTS) is 1. The van der Waals surface area contributed by atoms with Crippen LogP contribution < -0.4 is 4.74 Å². The van der Waals surface area contributed by atoms with Gasteiger partial charge in [-0.3, -0.25) is 9.69 Å². The highest BCUT2D eigenvalue weighted by molar-refractivity contribution is 6.44. The first-order chi connectivity index (χ1) is 13.4. The van der Waals surface area contributed by atoms with Gasteiger partial charge in [0.05, 0.1) is 29.2 Å². The smallest absolute Gasteiger partial charge is 0.304 e. The first-order valence-corrected chi connectivity index (χ1v) is 9.98. The van der Waals surface area contributed by atoms with Gasteiger partial charge in [0.15, 0.2) is 0 Å². The first kappa shape index (κ1) is 24.1. The van der Waals surface area contributed by atoms with Crippen LogP contribution in [0.2, 0.25) is 15.1 Å². The summed E-state index contributed by atoms with van der Waals surface area (Å²) >= 11 is 18.4. The molecular weight excluding hydrogens is 460 g/mol. The molecule has 0 amide bonds. The summed E-state index contributed by atoms with van der Waals surface area (Å²) in [6, 6.07) is 11.0. The molecular formula is C20H21Cl4NO4. The van der Waals surface area contributed by atoms with Crippen molar-refractivity contribution in [1.82, 2.24) is 4.90 Å². The standard InChI is InChI=1S/C20H20Cl3NO4.ClH/c21-16-5-6-17(22)20(23)15(16)12-28-14-3-1-13(2-4-14)18-11-24(9-10-27-18)8-7-19(25)26;/h1-6,18H,7-12H2,(H,25,26);1H. The number of carbonyl (C=O) groups is 1. The van der Waals surface area contributed by atoms with Crippen molar-refractivity contribution in [3.8, 4) is 5.75 Å². The molecule has 0 radical (unpaired) electrons. The molecule has 0 saturated carbocycles. The van der Waals surface area contributed by atoms with Crippen molar-refractivity contribution in [3.63, 3.8) is 0 Å². The number of ether oxygens (including phenoxy) is 2. The van der Waals surface area contributed by atoms with Crippen LogP contribution in [0.25, 0.3) is 0 Å². The maximum atomic E-state index is 10.8. The highest BCUT2D eigenvalue weighted by atomic mass is 35.5. The SMILES string of the molecule is Cl.O=C(O)CCN1CCOC(c2ccc(OCc3c(Cl)ccc(Cl)c3Cl)cc2)C1. The third-order valence-electron chi connectivity index (χ3n) is 4.57. The van der Waals surface area contributed by atoms with Crippen LogP contribution in [0, 0.1) is 0 Å². The molecule has 1 aliphatic rings. The number of aliphatic carboxylic acids is 1. The van der Waals surface area contributed by atoms with Crippen molar-refractivity contribution in [2.75, 3.05) is 26.2 Å². The number of carboxylic acids is 1. The van der Waals surface area contributed by atoms with Gasteiger partial charge in [0.1, 0.15) is 12.4 Å². The molecule has 3 rings (SSSR count). The fraction of sp³-hybridized carbons (Fsp3) is 0.350. The molecule has 1 aliphatic heterocycles. The van der Waals surface area contributed by atoms with E-state index >= 15 is 0 Å². The number of morpholine rings is 1. The Morgan fingerprint density at radius 1 is 1.14 bits per heavy atom. The Hall–Kier alpha value is -1.21. The van der Waals surface area contributed by atoms with Gasteiger partial charge in [-0.2, -0.15) is 0 Å². The van der Waals surface area contributed by atoms with Crippen molar-refractivity contribution >= 4 is 53.2 Å². The summed E-state index contributed by atoms with van der Waals surface area (Å²) in [5.74, 6) is -0.112. The summed E-state index contributed by atoms with van der Waals surface area (Å²) < 4.78 is 11.6. The maximum absolute atomic E-state index is 10.8. The Kier molecular flexibility index (Phi) is 9.34. The predicted molar refractivity (Wildman–Crippen MR) is 117 cm³/mol. The third kappa shape index (κ3) is 6.64. The monoisotopic (exact) mass is 479 g/mol. The lowest BCUT2D eigenvalue weighted by molar-refractivity contribution is -0.137. The molecule has 29 heavy (non-hydrogen) atoms. The molecule has 1 N–H and O–H groups in total. The van der Waals surface area contributed by atoms with Crippen molar-refractivity contribution in [3.05, 3.63) is 62.6 Å². The van der Waals surface area contributed by atoms with Gasteiger partial charge in [-0.05, 0) is 29.8 Å². The lowest BCUT2D eigenvalue weighted by Crippen LogP contribution is -2.39. The lowest BCUT2D eigenvalue weighted by atomic mass is 10.1. The largest absolute Gasteiger partial charge is 0.489 e. The molecule has 2 aromatic rings. The van der Waals surface area contributed by atoms with Gasteiger partial charge in [-0.15, -0.1) is 12.4 Å². The molecule has 1 unspecified atom stereocenters. The molecule has 9 heteroatoms. The molecule has 1 saturated heterocycles. The van der Waals surface area contributed by atoms with Crippen molar-refractivity contribution in [2.45, 2.75) is 19.1 Å². The molecule has 1 fully saturated rings. The molecule has 0 aromatic heterocycles. The zero-order chi connectivity index (χ0) is 20.1. The topological polar surface area (TPSA) is 59.0 Å². The van der Waals surface area contributed by atoms with E-state index in [0.717, 1.165) is 12.1 Å². The first-order valence-electron chi connectivity index (χ1n) is 8.85. The quantitative estimate of drug-likeness (QED) is 0.530. The molecule has 1 heterocycles. The highest BCUT2D eigenvalue weighted by Crippen LogP contribution is 2.32. The van der Waals surface area contributed by atoms with Crippen LogP contribution in [0.1, 0.15) is 23.7 Å². The Bertz CT molecular complexity index is 832. The fourth-order valence-electron chi connectivity index (χ4n) is 3.00. The lowest BCUT2D eigenvalue weighted by Gasteiger charge is -2.32. The van der Waals surface area contributed by atoms with Gasteiger partial charge in [-0.25, -0.2) is 0 Å². The van der Waals surface area contributed by atoms with Crippen molar-refractivity contribution in [2.24, 2.45) is 0 Å². The summed E-state index contributed by atoms with van der Waals surface area (Å²) in [5, 5.41) is 10.2. The van der Waals surface area contributed by atoms with E-state index in [1.165, 1.54) is 0 Å². The Labute approximate surface area is 190 Å². The van der Waals surface area contributed by atoms with Gasteiger partial charge in [-0.1, -0.05) is 46.9 Å². The summed E-state index contributed by atoms with van der Waals surface area (Å²) in [7, 11) is 0. The number of benzene rings is 2. The highest BCUT2D eigenvalue weighted by Gasteiger charge is 2.22. The average Bonchev–Trinajstić information content (AvgIpc) is 2.70. The predicted octanol–water partition coefficient (Wildman–Crippen LogP) is 5.50. The summed E-state index contributed by atoms with van der Waals surface area (Å²) in [4.78, 5) is 12.9. The minimum Gasteiger partial charge on any atom is -0.489 e. The molecule has 158 valence electrons. The van der Waals surface area contributed by atoms with Crippen LogP contribution in [0.5, 0.6) is 5.75 Å². The molecule has 1 atom stereocenters. The van der Waals surface area contributed by atoms with Crippen LogP contribution in [-0.2, 0) is 16.1 Å². The number of hydrogen-bond acceptors (Lipinski definition) is 4. The second kappa shape index (κ2) is 11.3. The molecule has 0 spiro atoms. The van der Waals surface area contributed by atoms with E-state index in [1.54, 1.807) is 12.1 Å².